The van der Waals surface area contributed by atoms with Crippen molar-refractivity contribution in [1.29, 1.82) is 0 Å². The van der Waals surface area contributed by atoms with E-state index in [1.165, 1.54) is 0 Å². The SMILES string of the molecule is O=C(O)CCNC(=O)C#CCNC(=O)OCC1c2ccccc2-c2ccccc21. The van der Waals surface area contributed by atoms with Crippen LogP contribution in [0.1, 0.15) is 23.5 Å². The van der Waals surface area contributed by atoms with Crippen LogP contribution in [0.3, 0.4) is 0 Å². The molecule has 1 aliphatic carbocycles. The molecule has 0 bridgehead atoms. The summed E-state index contributed by atoms with van der Waals surface area (Å²) in [5, 5.41) is 13.3. The maximum absolute atomic E-state index is 11.9. The van der Waals surface area contributed by atoms with Gasteiger partial charge in [-0.25, -0.2) is 4.79 Å². The van der Waals surface area contributed by atoms with Crippen LogP contribution in [0.4, 0.5) is 4.79 Å². The normalized spacial score (nSPS) is 11.4. The number of carbonyl (C=O) groups is 3. The largest absolute Gasteiger partial charge is 0.481 e. The zero-order chi connectivity index (χ0) is 20.6. The number of hydrogen-bond acceptors (Lipinski definition) is 4. The van der Waals surface area contributed by atoms with Crippen molar-refractivity contribution in [3.8, 4) is 23.0 Å². The monoisotopic (exact) mass is 392 g/mol. The number of fused-ring (bicyclic) bond motifs is 3. The van der Waals surface area contributed by atoms with E-state index in [1.807, 2.05) is 36.4 Å². The molecule has 3 N–H and O–H groups in total. The van der Waals surface area contributed by atoms with E-state index in [0.29, 0.717) is 0 Å². The van der Waals surface area contributed by atoms with E-state index in [9.17, 15) is 14.4 Å². The van der Waals surface area contributed by atoms with E-state index in [1.54, 1.807) is 0 Å². The number of alkyl carbamates (subject to hydrolysis) is 1. The molecule has 2 amide bonds. The summed E-state index contributed by atoms with van der Waals surface area (Å²) in [4.78, 5) is 33.7. The summed E-state index contributed by atoms with van der Waals surface area (Å²) in [6, 6.07) is 16.1. The Balaban J connectivity index is 1.48. The number of hydrogen-bond donors (Lipinski definition) is 3. The van der Waals surface area contributed by atoms with Crippen molar-refractivity contribution in [2.24, 2.45) is 0 Å². The first-order valence-corrected chi connectivity index (χ1v) is 9.13. The van der Waals surface area contributed by atoms with Crippen molar-refractivity contribution in [1.82, 2.24) is 10.6 Å². The van der Waals surface area contributed by atoms with E-state index in [4.69, 9.17) is 9.84 Å². The Morgan fingerprint density at radius 1 is 0.966 bits per heavy atom. The standard InChI is InChI=1S/C22H20N2O5/c25-20(23-13-11-21(26)27)10-5-12-24-22(28)29-14-19-17-8-3-1-6-15(17)16-7-2-4-9-18(16)19/h1-4,6-9,19H,11-14H2,(H,23,25)(H,24,28)(H,26,27). The fourth-order valence-corrected chi connectivity index (χ4v) is 3.22. The molecule has 0 aliphatic heterocycles. The summed E-state index contributed by atoms with van der Waals surface area (Å²) in [6.07, 6.45) is -0.793. The van der Waals surface area contributed by atoms with Crippen LogP contribution in [-0.4, -0.2) is 42.8 Å². The van der Waals surface area contributed by atoms with Crippen molar-refractivity contribution in [2.45, 2.75) is 12.3 Å². The van der Waals surface area contributed by atoms with Gasteiger partial charge in [0.1, 0.15) is 6.61 Å². The van der Waals surface area contributed by atoms with Gasteiger partial charge in [-0.2, -0.15) is 0 Å². The van der Waals surface area contributed by atoms with Crippen LogP contribution in [0, 0.1) is 11.8 Å². The smallest absolute Gasteiger partial charge is 0.407 e. The highest BCUT2D eigenvalue weighted by Gasteiger charge is 2.28. The Morgan fingerprint density at radius 3 is 2.21 bits per heavy atom. The predicted octanol–water partition coefficient (Wildman–Crippen LogP) is 2.12. The summed E-state index contributed by atoms with van der Waals surface area (Å²) >= 11 is 0. The molecule has 0 atom stereocenters. The molecule has 7 heteroatoms. The first kappa shape index (κ1) is 20.0. The van der Waals surface area contributed by atoms with Gasteiger partial charge in [0.05, 0.1) is 13.0 Å². The number of benzene rings is 2. The van der Waals surface area contributed by atoms with Crippen molar-refractivity contribution in [2.75, 3.05) is 19.7 Å². The maximum atomic E-state index is 11.9. The van der Waals surface area contributed by atoms with Gasteiger partial charge in [0.25, 0.3) is 5.91 Å². The third-order valence-electron chi connectivity index (χ3n) is 4.49. The summed E-state index contributed by atoms with van der Waals surface area (Å²) in [7, 11) is 0. The molecule has 0 radical (unpaired) electrons. The number of carboxylic acids is 1. The lowest BCUT2D eigenvalue weighted by Crippen LogP contribution is -2.27. The lowest BCUT2D eigenvalue weighted by atomic mass is 9.98. The van der Waals surface area contributed by atoms with Crippen LogP contribution in [0.2, 0.25) is 0 Å². The van der Waals surface area contributed by atoms with Gasteiger partial charge < -0.3 is 20.5 Å². The summed E-state index contributed by atoms with van der Waals surface area (Å²) in [5.41, 5.74) is 4.55. The minimum Gasteiger partial charge on any atom is -0.481 e. The number of amides is 2. The highest BCUT2D eigenvalue weighted by atomic mass is 16.5. The zero-order valence-corrected chi connectivity index (χ0v) is 15.6. The topological polar surface area (TPSA) is 105 Å². The fourth-order valence-electron chi connectivity index (χ4n) is 3.22. The predicted molar refractivity (Wildman–Crippen MR) is 106 cm³/mol. The number of carboxylic acid groups (broad SMARTS) is 1. The van der Waals surface area contributed by atoms with Crippen molar-refractivity contribution >= 4 is 18.0 Å². The van der Waals surface area contributed by atoms with Gasteiger partial charge in [-0.3, -0.25) is 9.59 Å². The molecule has 3 rings (SSSR count). The van der Waals surface area contributed by atoms with Crippen LogP contribution in [0.15, 0.2) is 48.5 Å². The second kappa shape index (κ2) is 9.42. The van der Waals surface area contributed by atoms with Gasteiger partial charge >= 0.3 is 12.1 Å². The number of carbonyl (C=O) groups excluding carboxylic acids is 2. The number of rotatable bonds is 6. The first-order valence-electron chi connectivity index (χ1n) is 9.13. The third-order valence-corrected chi connectivity index (χ3v) is 4.49. The average molecular weight is 392 g/mol. The highest BCUT2D eigenvalue weighted by Crippen LogP contribution is 2.44. The summed E-state index contributed by atoms with van der Waals surface area (Å²) in [6.45, 7) is 0.147. The first-order chi connectivity index (χ1) is 14.1. The molecule has 0 heterocycles. The van der Waals surface area contributed by atoms with Crippen molar-refractivity contribution in [3.05, 3.63) is 59.7 Å². The number of aliphatic carboxylic acids is 1. The lowest BCUT2D eigenvalue weighted by Gasteiger charge is -2.14. The molecule has 0 saturated carbocycles. The number of ether oxygens (including phenoxy) is 1. The second-order valence-corrected chi connectivity index (χ2v) is 6.38. The maximum Gasteiger partial charge on any atom is 0.407 e. The van der Waals surface area contributed by atoms with Gasteiger partial charge in [0, 0.05) is 12.5 Å². The molecule has 0 saturated heterocycles. The molecule has 1 aliphatic rings. The van der Waals surface area contributed by atoms with Gasteiger partial charge in [0.15, 0.2) is 0 Å². The van der Waals surface area contributed by atoms with Gasteiger partial charge in [-0.1, -0.05) is 54.5 Å². The Hall–Kier alpha value is -3.79. The zero-order valence-electron chi connectivity index (χ0n) is 15.6. The average Bonchev–Trinajstić information content (AvgIpc) is 3.03. The molecule has 2 aromatic carbocycles. The van der Waals surface area contributed by atoms with Crippen LogP contribution in [-0.2, 0) is 14.3 Å². The minimum absolute atomic E-state index is 0.00263. The van der Waals surface area contributed by atoms with Crippen LogP contribution in [0.5, 0.6) is 0 Å². The fraction of sp³-hybridized carbons (Fsp3) is 0.227. The van der Waals surface area contributed by atoms with Crippen molar-refractivity contribution in [3.63, 3.8) is 0 Å². The lowest BCUT2D eigenvalue weighted by molar-refractivity contribution is -0.136. The van der Waals surface area contributed by atoms with Gasteiger partial charge in [-0.15, -0.1) is 0 Å². The molecule has 0 spiro atoms. The van der Waals surface area contributed by atoms with E-state index < -0.39 is 18.0 Å². The number of nitrogens with one attached hydrogen (secondary N) is 2. The van der Waals surface area contributed by atoms with E-state index in [0.717, 1.165) is 22.3 Å². The van der Waals surface area contributed by atoms with E-state index >= 15 is 0 Å². The second-order valence-electron chi connectivity index (χ2n) is 6.38. The van der Waals surface area contributed by atoms with Crippen LogP contribution >= 0.6 is 0 Å². The molecule has 29 heavy (non-hydrogen) atoms. The summed E-state index contributed by atoms with van der Waals surface area (Å²) in [5.74, 6) is 3.13. The minimum atomic E-state index is -1.00. The molecule has 2 aromatic rings. The Bertz CT molecular complexity index is 944. The quantitative estimate of drug-likeness (QED) is 0.653. The molecular weight excluding hydrogens is 372 g/mol. The van der Waals surface area contributed by atoms with Gasteiger partial charge in [0.2, 0.25) is 0 Å². The Morgan fingerprint density at radius 2 is 1.59 bits per heavy atom. The Kier molecular flexibility index (Phi) is 6.48. The molecule has 148 valence electrons. The molecular formula is C22H20N2O5. The molecule has 0 unspecified atom stereocenters. The van der Waals surface area contributed by atoms with Crippen LogP contribution < -0.4 is 10.6 Å². The van der Waals surface area contributed by atoms with Crippen LogP contribution in [0.25, 0.3) is 11.1 Å². The van der Waals surface area contributed by atoms with Gasteiger partial charge in [-0.05, 0) is 28.2 Å². The third kappa shape index (κ3) is 5.14. The highest BCUT2D eigenvalue weighted by molar-refractivity contribution is 5.93. The molecule has 0 aromatic heterocycles. The van der Waals surface area contributed by atoms with E-state index in [2.05, 4.69) is 34.6 Å². The van der Waals surface area contributed by atoms with Crippen molar-refractivity contribution < 1.29 is 24.2 Å². The van der Waals surface area contributed by atoms with E-state index in [-0.39, 0.29) is 32.0 Å². The molecule has 0 fully saturated rings. The summed E-state index contributed by atoms with van der Waals surface area (Å²) < 4.78 is 5.35. The molecule has 7 nitrogen and oxygen atoms in total. The Labute approximate surface area is 168 Å².